The number of anilines is 1. The van der Waals surface area contributed by atoms with Crippen molar-refractivity contribution in [3.63, 3.8) is 0 Å². The van der Waals surface area contributed by atoms with Crippen molar-refractivity contribution in [1.29, 1.82) is 0 Å². The predicted molar refractivity (Wildman–Crippen MR) is 96.0 cm³/mol. The van der Waals surface area contributed by atoms with Crippen LogP contribution in [0.3, 0.4) is 0 Å². The average molecular weight is 450 g/mol. The molecular weight excluding hydrogens is 441 g/mol. The van der Waals surface area contributed by atoms with Gasteiger partial charge in [-0.3, -0.25) is 4.79 Å². The number of rotatable bonds is 3. The minimum absolute atomic E-state index is 0.246. The summed E-state index contributed by atoms with van der Waals surface area (Å²) in [6, 6.07) is 10.6. The molecule has 2 rings (SSSR count). The van der Waals surface area contributed by atoms with Crippen molar-refractivity contribution in [2.24, 2.45) is 0 Å². The minimum atomic E-state index is -0.246. The Labute approximate surface area is 149 Å². The van der Waals surface area contributed by atoms with E-state index in [1.807, 2.05) is 12.1 Å². The zero-order valence-corrected chi connectivity index (χ0v) is 15.2. The van der Waals surface area contributed by atoms with Crippen LogP contribution in [0.2, 0.25) is 10.0 Å². The molecule has 0 saturated heterocycles. The van der Waals surface area contributed by atoms with E-state index in [4.69, 9.17) is 23.2 Å². The Morgan fingerprint density at radius 2 is 1.86 bits per heavy atom. The molecule has 0 aliphatic heterocycles. The largest absolute Gasteiger partial charge is 0.321 e. The molecule has 2 aromatic carbocycles. The molecule has 0 heterocycles. The summed E-state index contributed by atoms with van der Waals surface area (Å²) in [6.45, 7) is 0. The zero-order chi connectivity index (χ0) is 15.4. The molecule has 0 unspecified atom stereocenters. The van der Waals surface area contributed by atoms with Crippen LogP contribution in [0.1, 0.15) is 5.56 Å². The topological polar surface area (TPSA) is 29.1 Å². The van der Waals surface area contributed by atoms with Crippen LogP contribution < -0.4 is 5.32 Å². The van der Waals surface area contributed by atoms with Gasteiger partial charge in [-0.2, -0.15) is 0 Å². The van der Waals surface area contributed by atoms with E-state index in [0.717, 1.165) is 14.5 Å². The van der Waals surface area contributed by atoms with E-state index in [0.29, 0.717) is 15.7 Å². The van der Waals surface area contributed by atoms with Gasteiger partial charge in [0.25, 0.3) is 0 Å². The van der Waals surface area contributed by atoms with Crippen molar-refractivity contribution in [3.05, 3.63) is 67.0 Å². The van der Waals surface area contributed by atoms with Gasteiger partial charge in [-0.25, -0.2) is 0 Å². The van der Waals surface area contributed by atoms with E-state index >= 15 is 0 Å². The van der Waals surface area contributed by atoms with Crippen LogP contribution in [0, 0.1) is 0 Å². The Morgan fingerprint density at radius 3 is 2.52 bits per heavy atom. The van der Waals surface area contributed by atoms with E-state index in [1.165, 1.54) is 6.08 Å². The molecule has 1 amide bonds. The summed E-state index contributed by atoms with van der Waals surface area (Å²) in [5.41, 5.74) is 1.42. The Hall–Kier alpha value is -0.810. The highest BCUT2D eigenvalue weighted by atomic mass is 79.9. The second kappa shape index (κ2) is 7.45. The van der Waals surface area contributed by atoms with Crippen LogP contribution in [-0.2, 0) is 4.79 Å². The lowest BCUT2D eigenvalue weighted by Gasteiger charge is -2.05. The first kappa shape index (κ1) is 16.6. The van der Waals surface area contributed by atoms with Gasteiger partial charge < -0.3 is 5.32 Å². The third-order valence-corrected chi connectivity index (χ3v) is 4.28. The monoisotopic (exact) mass is 447 g/mol. The van der Waals surface area contributed by atoms with Crippen molar-refractivity contribution in [2.45, 2.75) is 0 Å². The summed E-state index contributed by atoms with van der Waals surface area (Å²) >= 11 is 18.6. The van der Waals surface area contributed by atoms with Crippen molar-refractivity contribution in [2.75, 3.05) is 5.32 Å². The third kappa shape index (κ3) is 4.85. The summed E-state index contributed by atoms with van der Waals surface area (Å²) in [5, 5.41) is 3.83. The molecule has 108 valence electrons. The number of carbonyl (C=O) groups is 1. The van der Waals surface area contributed by atoms with E-state index in [2.05, 4.69) is 37.2 Å². The fourth-order valence-corrected chi connectivity index (χ4v) is 3.19. The lowest BCUT2D eigenvalue weighted by molar-refractivity contribution is -0.111. The maximum Gasteiger partial charge on any atom is 0.248 e. The number of halogens is 4. The molecule has 21 heavy (non-hydrogen) atoms. The molecule has 2 aromatic rings. The van der Waals surface area contributed by atoms with Crippen LogP contribution in [0.25, 0.3) is 6.08 Å². The third-order valence-electron chi connectivity index (χ3n) is 2.57. The number of hydrogen-bond donors (Lipinski definition) is 1. The highest BCUT2D eigenvalue weighted by Crippen LogP contribution is 2.26. The van der Waals surface area contributed by atoms with Gasteiger partial charge in [0.2, 0.25) is 5.91 Å². The summed E-state index contributed by atoms with van der Waals surface area (Å²) < 4.78 is 1.72. The smallest absolute Gasteiger partial charge is 0.248 e. The van der Waals surface area contributed by atoms with Gasteiger partial charge in [0.05, 0.1) is 5.69 Å². The second-order valence-electron chi connectivity index (χ2n) is 4.11. The molecule has 2 nitrogen and oxygen atoms in total. The number of carbonyl (C=O) groups excluding carboxylic acids is 1. The molecule has 0 aliphatic rings. The van der Waals surface area contributed by atoms with Gasteiger partial charge in [-0.1, -0.05) is 45.2 Å². The maximum atomic E-state index is 11.9. The molecule has 0 aromatic heterocycles. The zero-order valence-electron chi connectivity index (χ0n) is 10.5. The summed E-state index contributed by atoms with van der Waals surface area (Å²) in [5.74, 6) is -0.246. The van der Waals surface area contributed by atoms with Gasteiger partial charge in [0.1, 0.15) is 0 Å². The molecule has 1 N–H and O–H groups in total. The fourth-order valence-electron chi connectivity index (χ4n) is 1.57. The van der Waals surface area contributed by atoms with Crippen LogP contribution >= 0.6 is 55.1 Å². The van der Waals surface area contributed by atoms with E-state index < -0.39 is 0 Å². The Balaban J connectivity index is 2.09. The van der Waals surface area contributed by atoms with E-state index in [-0.39, 0.29) is 5.91 Å². The number of hydrogen-bond acceptors (Lipinski definition) is 1. The quantitative estimate of drug-likeness (QED) is 0.558. The lowest BCUT2D eigenvalue weighted by atomic mass is 10.2. The van der Waals surface area contributed by atoms with Gasteiger partial charge in [0, 0.05) is 25.1 Å². The van der Waals surface area contributed by atoms with Crippen molar-refractivity contribution in [1.82, 2.24) is 0 Å². The van der Waals surface area contributed by atoms with Gasteiger partial charge in [0.15, 0.2) is 0 Å². The van der Waals surface area contributed by atoms with Crippen LogP contribution in [0.4, 0.5) is 5.69 Å². The predicted octanol–water partition coefficient (Wildman–Crippen LogP) is 6.17. The fraction of sp³-hybridized carbons (Fsp3) is 0. The summed E-state index contributed by atoms with van der Waals surface area (Å²) in [6.07, 6.45) is 3.06. The minimum Gasteiger partial charge on any atom is -0.321 e. The molecule has 6 heteroatoms. The molecule has 0 radical (unpaired) electrons. The van der Waals surface area contributed by atoms with Gasteiger partial charge >= 0.3 is 0 Å². The number of nitrogens with one attached hydrogen (secondary N) is 1. The first-order chi connectivity index (χ1) is 9.95. The molecule has 0 atom stereocenters. The number of amides is 1. The highest BCUT2D eigenvalue weighted by molar-refractivity contribution is 9.11. The first-order valence-corrected chi connectivity index (χ1v) is 8.19. The first-order valence-electron chi connectivity index (χ1n) is 5.85. The van der Waals surface area contributed by atoms with E-state index in [9.17, 15) is 4.79 Å². The molecule has 0 aliphatic carbocycles. The normalized spacial score (nSPS) is 10.9. The summed E-state index contributed by atoms with van der Waals surface area (Å²) in [7, 11) is 0. The molecule has 0 spiro atoms. The number of benzene rings is 2. The van der Waals surface area contributed by atoms with Crippen LogP contribution in [-0.4, -0.2) is 5.91 Å². The van der Waals surface area contributed by atoms with Crippen LogP contribution in [0.5, 0.6) is 0 Å². The Morgan fingerprint density at radius 1 is 1.10 bits per heavy atom. The van der Waals surface area contributed by atoms with Crippen molar-refractivity contribution >= 4 is 72.7 Å². The SMILES string of the molecule is O=C(C=Cc1ccc(Cl)cc1Cl)Nc1ccc(Br)cc1Br. The Kier molecular flexibility index (Phi) is 5.88. The Bertz CT molecular complexity index is 717. The molecular formula is C15H9Br2Cl2NO. The average Bonchev–Trinajstić information content (AvgIpc) is 2.41. The van der Waals surface area contributed by atoms with Crippen molar-refractivity contribution in [3.8, 4) is 0 Å². The summed E-state index contributed by atoms with van der Waals surface area (Å²) in [4.78, 5) is 11.9. The van der Waals surface area contributed by atoms with Gasteiger partial charge in [-0.05, 0) is 57.9 Å². The molecule has 0 bridgehead atoms. The maximum absolute atomic E-state index is 11.9. The molecule has 0 saturated carbocycles. The molecule has 0 fully saturated rings. The standard InChI is InChI=1S/C15H9Br2Cl2NO/c16-10-3-5-14(12(17)7-10)20-15(21)6-2-9-1-4-11(18)8-13(9)19/h1-8H,(H,20,21). The second-order valence-corrected chi connectivity index (χ2v) is 6.73. The van der Waals surface area contributed by atoms with Crippen LogP contribution in [0.15, 0.2) is 51.4 Å². The van der Waals surface area contributed by atoms with E-state index in [1.54, 1.807) is 30.3 Å². The highest BCUT2D eigenvalue weighted by Gasteiger charge is 2.04. The lowest BCUT2D eigenvalue weighted by Crippen LogP contribution is -2.08. The van der Waals surface area contributed by atoms with Gasteiger partial charge in [-0.15, -0.1) is 0 Å². The van der Waals surface area contributed by atoms with Crippen molar-refractivity contribution < 1.29 is 4.79 Å².